The Kier molecular flexibility index (Phi) is 9.14. The molecule has 1 unspecified atom stereocenters. The summed E-state index contributed by atoms with van der Waals surface area (Å²) in [5.41, 5.74) is 1.40. The van der Waals surface area contributed by atoms with Crippen LogP contribution < -0.4 is 15.5 Å². The molecule has 10 nitrogen and oxygen atoms in total. The van der Waals surface area contributed by atoms with Crippen molar-refractivity contribution in [2.45, 2.75) is 110 Å². The number of hydrogen-bond acceptors (Lipinski definition) is 7. The summed E-state index contributed by atoms with van der Waals surface area (Å²) in [6.07, 6.45) is 13.7. The molecule has 4 N–H and O–H groups in total. The fourth-order valence-electron chi connectivity index (χ4n) is 6.98. The van der Waals surface area contributed by atoms with E-state index in [2.05, 4.69) is 58.5 Å². The van der Waals surface area contributed by atoms with E-state index in [4.69, 9.17) is 15.4 Å². The first-order valence-electron chi connectivity index (χ1n) is 15.8. The predicted octanol–water partition coefficient (Wildman–Crippen LogP) is 6.42. The molecule has 0 radical (unpaired) electrons. The number of carbonyl (C=O) groups is 1. The van der Waals surface area contributed by atoms with Crippen LogP contribution in [0, 0.1) is 29.1 Å². The van der Waals surface area contributed by atoms with Gasteiger partial charge in [0.05, 0.1) is 0 Å². The Morgan fingerprint density at radius 2 is 1.83 bits per heavy atom. The normalized spacial score (nSPS) is 24.2. The number of rotatable bonds is 10. The number of allylic oxidation sites excluding steroid dienone is 1. The number of piperidine rings is 1. The summed E-state index contributed by atoms with van der Waals surface area (Å²) in [7, 11) is 0. The number of anilines is 2. The van der Waals surface area contributed by atoms with Gasteiger partial charge in [-0.05, 0) is 94.8 Å². The number of aromatic nitrogens is 4. The summed E-state index contributed by atoms with van der Waals surface area (Å²) in [5.74, 6) is 3.58. The maximum absolute atomic E-state index is 11.3. The van der Waals surface area contributed by atoms with Crippen LogP contribution in [-0.4, -0.2) is 55.2 Å². The first-order valence-corrected chi connectivity index (χ1v) is 15.8. The van der Waals surface area contributed by atoms with E-state index in [1.165, 1.54) is 25.7 Å². The van der Waals surface area contributed by atoms with E-state index < -0.39 is 6.09 Å². The van der Waals surface area contributed by atoms with Crippen molar-refractivity contribution in [1.29, 1.82) is 5.41 Å². The van der Waals surface area contributed by atoms with Crippen LogP contribution in [0.25, 0.3) is 11.2 Å². The molecule has 0 bridgehead atoms. The molecule has 1 aliphatic heterocycles. The molecule has 5 rings (SSSR count). The van der Waals surface area contributed by atoms with Gasteiger partial charge in [0.2, 0.25) is 5.95 Å². The second-order valence-electron chi connectivity index (χ2n) is 13.0. The fourth-order valence-corrected chi connectivity index (χ4v) is 6.98. The molecule has 0 aromatic carbocycles. The van der Waals surface area contributed by atoms with Gasteiger partial charge in [-0.3, -0.25) is 10.7 Å². The van der Waals surface area contributed by atoms with Crippen molar-refractivity contribution in [3.63, 3.8) is 0 Å². The smallest absolute Gasteiger partial charge is 0.410 e. The maximum atomic E-state index is 11.3. The lowest BCUT2D eigenvalue weighted by atomic mass is 9.80. The van der Waals surface area contributed by atoms with E-state index in [0.717, 1.165) is 69.5 Å². The van der Waals surface area contributed by atoms with Crippen LogP contribution in [0.5, 0.6) is 0 Å². The lowest BCUT2D eigenvalue weighted by molar-refractivity contribution is 0.200. The van der Waals surface area contributed by atoms with Crippen LogP contribution in [0.1, 0.15) is 97.2 Å². The SMILES string of the molecule is C=CC1CCC(Cn2c(N3CCCCC3CC(C)C)nc3nc(C(=N)NC(=O)O)nc(N[C@H](C)C4CCC4)c32)CC1. The van der Waals surface area contributed by atoms with Gasteiger partial charge in [-0.25, -0.2) is 14.8 Å². The number of amides is 1. The van der Waals surface area contributed by atoms with Crippen molar-refractivity contribution in [2.75, 3.05) is 16.8 Å². The molecule has 0 spiro atoms. The van der Waals surface area contributed by atoms with Crippen LogP contribution in [-0.2, 0) is 6.54 Å². The summed E-state index contributed by atoms with van der Waals surface area (Å²) in [6.45, 7) is 12.6. The number of fused-ring (bicyclic) bond motifs is 1. The second kappa shape index (κ2) is 12.8. The van der Waals surface area contributed by atoms with Crippen LogP contribution in [0.15, 0.2) is 12.7 Å². The Morgan fingerprint density at radius 3 is 2.46 bits per heavy atom. The van der Waals surface area contributed by atoms with Crippen molar-refractivity contribution in [2.24, 2.45) is 23.7 Å². The average molecular weight is 565 g/mol. The predicted molar refractivity (Wildman–Crippen MR) is 164 cm³/mol. The maximum Gasteiger partial charge on any atom is 0.410 e. The molecule has 2 aromatic rings. The van der Waals surface area contributed by atoms with Crippen molar-refractivity contribution < 1.29 is 9.90 Å². The topological polar surface area (TPSA) is 132 Å². The third-order valence-electron chi connectivity index (χ3n) is 9.55. The lowest BCUT2D eigenvalue weighted by Crippen LogP contribution is -2.42. The zero-order valence-corrected chi connectivity index (χ0v) is 25.0. The van der Waals surface area contributed by atoms with E-state index in [-0.39, 0.29) is 17.7 Å². The van der Waals surface area contributed by atoms with Gasteiger partial charge in [-0.2, -0.15) is 4.98 Å². The molecule has 3 heterocycles. The quantitative estimate of drug-likeness (QED) is 0.149. The Labute approximate surface area is 243 Å². The third-order valence-corrected chi connectivity index (χ3v) is 9.55. The summed E-state index contributed by atoms with van der Waals surface area (Å²) >= 11 is 0. The standard InChI is InChI=1S/C31H48N8O2/c1-5-21-12-14-22(15-13-21)18-39-25-27(33-20(4)23-9-8-10-23)35-29(26(32)34-31(40)41)36-28(25)37-30(39)38-16-7-6-11-24(38)17-19(2)3/h5,19-24H,1,6-18H2,2-4H3,(H2,32,34)(H,40,41)(H,33,35,36)/t20-,21?,22?,24?/m1/s1. The van der Waals surface area contributed by atoms with Crippen molar-refractivity contribution in [3.05, 3.63) is 18.5 Å². The minimum Gasteiger partial charge on any atom is -0.465 e. The molecule has 1 saturated heterocycles. The number of imidazole rings is 1. The largest absolute Gasteiger partial charge is 0.465 e. The molecular weight excluding hydrogens is 516 g/mol. The molecule has 3 fully saturated rings. The molecule has 3 aliphatic rings. The van der Waals surface area contributed by atoms with Crippen molar-refractivity contribution in [1.82, 2.24) is 24.8 Å². The molecule has 2 saturated carbocycles. The van der Waals surface area contributed by atoms with Gasteiger partial charge in [-0.15, -0.1) is 6.58 Å². The minimum absolute atomic E-state index is 0.0447. The highest BCUT2D eigenvalue weighted by atomic mass is 16.4. The molecular formula is C31H48N8O2. The van der Waals surface area contributed by atoms with Gasteiger partial charge in [-0.1, -0.05) is 26.3 Å². The van der Waals surface area contributed by atoms with Crippen LogP contribution in [0.3, 0.4) is 0 Å². The van der Waals surface area contributed by atoms with Gasteiger partial charge in [0.15, 0.2) is 23.1 Å². The Hall–Kier alpha value is -3.17. The highest BCUT2D eigenvalue weighted by Crippen LogP contribution is 2.38. The Bertz CT molecular complexity index is 1240. The van der Waals surface area contributed by atoms with E-state index in [1.807, 2.05) is 0 Å². The van der Waals surface area contributed by atoms with Gasteiger partial charge in [0.1, 0.15) is 5.52 Å². The monoisotopic (exact) mass is 564 g/mol. The van der Waals surface area contributed by atoms with Gasteiger partial charge >= 0.3 is 6.09 Å². The highest BCUT2D eigenvalue weighted by molar-refractivity contribution is 6.03. The highest BCUT2D eigenvalue weighted by Gasteiger charge is 2.32. The molecule has 224 valence electrons. The first kappa shape index (κ1) is 29.3. The van der Waals surface area contributed by atoms with E-state index in [1.54, 1.807) is 0 Å². The van der Waals surface area contributed by atoms with E-state index in [0.29, 0.717) is 41.2 Å². The molecule has 2 aliphatic carbocycles. The number of carboxylic acid groups (broad SMARTS) is 1. The Balaban J connectivity index is 1.61. The number of nitrogens with one attached hydrogen (secondary N) is 3. The summed E-state index contributed by atoms with van der Waals surface area (Å²) < 4.78 is 2.36. The zero-order chi connectivity index (χ0) is 29.1. The van der Waals surface area contributed by atoms with E-state index in [9.17, 15) is 9.90 Å². The second-order valence-corrected chi connectivity index (χ2v) is 13.0. The van der Waals surface area contributed by atoms with E-state index >= 15 is 0 Å². The molecule has 41 heavy (non-hydrogen) atoms. The third kappa shape index (κ3) is 6.67. The number of hydrogen-bond donors (Lipinski definition) is 4. The van der Waals surface area contributed by atoms with Gasteiger partial charge < -0.3 is 19.9 Å². The Morgan fingerprint density at radius 1 is 1.07 bits per heavy atom. The molecule has 2 aromatic heterocycles. The van der Waals surface area contributed by atoms with Crippen LogP contribution in [0.4, 0.5) is 16.6 Å². The number of nitrogens with zero attached hydrogens (tertiary/aromatic N) is 5. The molecule has 1 amide bonds. The summed E-state index contributed by atoms with van der Waals surface area (Å²) in [6, 6.07) is 0.621. The van der Waals surface area contributed by atoms with Gasteiger partial charge in [0.25, 0.3) is 0 Å². The van der Waals surface area contributed by atoms with Crippen LogP contribution in [0.2, 0.25) is 0 Å². The molecule has 10 heteroatoms. The lowest BCUT2D eigenvalue weighted by Gasteiger charge is -2.38. The van der Waals surface area contributed by atoms with Crippen LogP contribution >= 0.6 is 0 Å². The van der Waals surface area contributed by atoms with Crippen molar-refractivity contribution in [3.8, 4) is 0 Å². The van der Waals surface area contributed by atoms with Crippen molar-refractivity contribution >= 4 is 34.9 Å². The minimum atomic E-state index is -1.30. The first-order chi connectivity index (χ1) is 19.7. The average Bonchev–Trinajstić information content (AvgIpc) is 3.25. The summed E-state index contributed by atoms with van der Waals surface area (Å²) in [5, 5.41) is 23.4. The number of amidine groups is 1. The van der Waals surface area contributed by atoms with Gasteiger partial charge in [0, 0.05) is 25.2 Å². The molecule has 2 atom stereocenters. The zero-order valence-electron chi connectivity index (χ0n) is 25.0. The summed E-state index contributed by atoms with van der Waals surface area (Å²) in [4.78, 5) is 28.5. The fraction of sp³-hybridized carbons (Fsp3) is 0.710.